The molecule has 0 spiro atoms. The summed E-state index contributed by atoms with van der Waals surface area (Å²) in [6.07, 6.45) is 0. The molecule has 3 N–H and O–H groups in total. The number of nitrogens with zero attached hydrogens (tertiary/aromatic N) is 1. The van der Waals surface area contributed by atoms with Crippen molar-refractivity contribution in [3.05, 3.63) is 99.9 Å². The van der Waals surface area contributed by atoms with Crippen LogP contribution in [0.2, 0.25) is 0 Å². The van der Waals surface area contributed by atoms with Crippen LogP contribution in [-0.4, -0.2) is 18.4 Å². The standard InChI is InChI=1S/C25H20F5N3O2/c1-25(12-31)19-3-2-14(23(34)32-10-18-20(29)8-17(28)9-21(18)30)6-22(19)33(24(25)35)11-13-4-15(26)7-16(27)5-13/h2-9H,10-12,31H2,1H3,(H,32,34). The first-order chi connectivity index (χ1) is 16.5. The van der Waals surface area contributed by atoms with Gasteiger partial charge in [-0.25, -0.2) is 22.0 Å². The third-order valence-electron chi connectivity index (χ3n) is 6.07. The number of fused-ring (bicyclic) bond motifs is 1. The van der Waals surface area contributed by atoms with Gasteiger partial charge in [-0.15, -0.1) is 0 Å². The summed E-state index contributed by atoms with van der Waals surface area (Å²) in [4.78, 5) is 27.2. The molecular weight excluding hydrogens is 469 g/mol. The maximum atomic E-state index is 13.9. The van der Waals surface area contributed by atoms with Crippen molar-refractivity contribution < 1.29 is 31.5 Å². The number of anilines is 1. The van der Waals surface area contributed by atoms with Gasteiger partial charge in [-0.3, -0.25) is 9.59 Å². The molecule has 0 saturated carbocycles. The monoisotopic (exact) mass is 489 g/mol. The first kappa shape index (κ1) is 24.3. The third-order valence-corrected chi connectivity index (χ3v) is 6.07. The molecule has 1 aliphatic heterocycles. The second kappa shape index (κ2) is 9.10. The first-order valence-corrected chi connectivity index (χ1v) is 10.6. The van der Waals surface area contributed by atoms with Gasteiger partial charge < -0.3 is 16.0 Å². The molecule has 182 valence electrons. The zero-order chi connectivity index (χ0) is 25.5. The predicted octanol–water partition coefficient (Wildman–Crippen LogP) is 4.08. The van der Waals surface area contributed by atoms with Gasteiger partial charge in [0.1, 0.15) is 29.1 Å². The van der Waals surface area contributed by atoms with E-state index in [2.05, 4.69) is 5.32 Å². The number of carbonyl (C=O) groups is 2. The largest absolute Gasteiger partial charge is 0.348 e. The van der Waals surface area contributed by atoms with E-state index in [1.54, 1.807) is 13.0 Å². The van der Waals surface area contributed by atoms with Gasteiger partial charge in [-0.2, -0.15) is 0 Å². The van der Waals surface area contributed by atoms with Crippen LogP contribution in [0, 0.1) is 29.1 Å². The number of nitrogens with one attached hydrogen (secondary N) is 1. The molecule has 1 atom stereocenters. The lowest BCUT2D eigenvalue weighted by Gasteiger charge is -2.22. The molecule has 0 radical (unpaired) electrons. The molecular formula is C25H20F5N3O2. The minimum Gasteiger partial charge on any atom is -0.348 e. The fourth-order valence-corrected chi connectivity index (χ4v) is 4.14. The van der Waals surface area contributed by atoms with Gasteiger partial charge in [0.25, 0.3) is 5.91 Å². The number of nitrogens with two attached hydrogens (primary N) is 1. The zero-order valence-electron chi connectivity index (χ0n) is 18.5. The number of hydrogen-bond donors (Lipinski definition) is 2. The Bertz CT molecular complexity index is 1300. The molecule has 0 aromatic heterocycles. The van der Waals surface area contributed by atoms with Crippen LogP contribution in [0.15, 0.2) is 48.5 Å². The highest BCUT2D eigenvalue weighted by atomic mass is 19.2. The summed E-state index contributed by atoms with van der Waals surface area (Å²) in [6, 6.07) is 8.28. The van der Waals surface area contributed by atoms with Gasteiger partial charge in [-0.1, -0.05) is 6.07 Å². The topological polar surface area (TPSA) is 75.4 Å². The SMILES string of the molecule is CC1(CN)C(=O)N(Cc2cc(F)cc(F)c2)c2cc(C(=O)NCc3c(F)cc(F)cc3F)ccc21. The van der Waals surface area contributed by atoms with E-state index in [1.165, 1.54) is 17.0 Å². The Morgan fingerprint density at radius 3 is 2.14 bits per heavy atom. The Morgan fingerprint density at radius 1 is 0.943 bits per heavy atom. The van der Waals surface area contributed by atoms with Crippen molar-refractivity contribution >= 4 is 17.5 Å². The van der Waals surface area contributed by atoms with E-state index in [4.69, 9.17) is 5.73 Å². The summed E-state index contributed by atoms with van der Waals surface area (Å²) in [6.45, 7) is 0.856. The van der Waals surface area contributed by atoms with Gasteiger partial charge in [0, 0.05) is 48.1 Å². The van der Waals surface area contributed by atoms with E-state index in [0.717, 1.165) is 12.1 Å². The van der Waals surface area contributed by atoms with Crippen molar-refractivity contribution in [3.63, 3.8) is 0 Å². The molecule has 35 heavy (non-hydrogen) atoms. The lowest BCUT2D eigenvalue weighted by Crippen LogP contribution is -2.43. The normalized spacial score (nSPS) is 17.0. The minimum atomic E-state index is -1.14. The molecule has 1 unspecified atom stereocenters. The van der Waals surface area contributed by atoms with E-state index in [9.17, 15) is 31.5 Å². The lowest BCUT2D eigenvalue weighted by atomic mass is 9.83. The Balaban J connectivity index is 1.64. The molecule has 10 heteroatoms. The summed E-state index contributed by atoms with van der Waals surface area (Å²) in [7, 11) is 0. The Kier molecular flexibility index (Phi) is 6.33. The minimum absolute atomic E-state index is 0.0541. The van der Waals surface area contributed by atoms with E-state index in [1.807, 2.05) is 0 Å². The van der Waals surface area contributed by atoms with Crippen molar-refractivity contribution in [3.8, 4) is 0 Å². The van der Waals surface area contributed by atoms with Gasteiger partial charge in [0.15, 0.2) is 0 Å². The summed E-state index contributed by atoms with van der Waals surface area (Å²) < 4.78 is 68.3. The molecule has 3 aromatic rings. The summed E-state index contributed by atoms with van der Waals surface area (Å²) in [5.74, 6) is -6.10. The maximum Gasteiger partial charge on any atom is 0.251 e. The number of carbonyl (C=O) groups excluding carboxylic acids is 2. The van der Waals surface area contributed by atoms with Crippen LogP contribution < -0.4 is 16.0 Å². The first-order valence-electron chi connectivity index (χ1n) is 10.6. The molecule has 1 heterocycles. The molecule has 5 nitrogen and oxygen atoms in total. The van der Waals surface area contributed by atoms with Crippen molar-refractivity contribution in [1.82, 2.24) is 5.32 Å². The maximum absolute atomic E-state index is 13.9. The highest BCUT2D eigenvalue weighted by Crippen LogP contribution is 2.42. The predicted molar refractivity (Wildman–Crippen MR) is 118 cm³/mol. The van der Waals surface area contributed by atoms with Crippen LogP contribution in [0.25, 0.3) is 0 Å². The highest BCUT2D eigenvalue weighted by molar-refractivity contribution is 6.09. The smallest absolute Gasteiger partial charge is 0.251 e. The van der Waals surface area contributed by atoms with Crippen LogP contribution in [0.4, 0.5) is 27.6 Å². The zero-order valence-corrected chi connectivity index (χ0v) is 18.5. The molecule has 1 aliphatic rings. The molecule has 0 aliphatic carbocycles. The molecule has 2 amide bonds. The van der Waals surface area contributed by atoms with E-state index < -0.39 is 58.4 Å². The average molecular weight is 489 g/mol. The Hall–Kier alpha value is -3.79. The summed E-state index contributed by atoms with van der Waals surface area (Å²) in [5, 5.41) is 2.36. The summed E-state index contributed by atoms with van der Waals surface area (Å²) in [5.41, 5.74) is 5.34. The van der Waals surface area contributed by atoms with Gasteiger partial charge in [0.2, 0.25) is 5.91 Å². The van der Waals surface area contributed by atoms with Crippen LogP contribution in [0.1, 0.15) is 34.0 Å². The van der Waals surface area contributed by atoms with E-state index in [-0.39, 0.29) is 24.2 Å². The second-order valence-electron chi connectivity index (χ2n) is 8.47. The lowest BCUT2D eigenvalue weighted by molar-refractivity contribution is -0.122. The Morgan fingerprint density at radius 2 is 1.54 bits per heavy atom. The summed E-state index contributed by atoms with van der Waals surface area (Å²) >= 11 is 0. The third kappa shape index (κ3) is 4.49. The molecule has 4 rings (SSSR count). The van der Waals surface area contributed by atoms with E-state index in [0.29, 0.717) is 29.4 Å². The molecule has 3 aromatic carbocycles. The number of rotatable bonds is 6. The van der Waals surface area contributed by atoms with Crippen LogP contribution in [-0.2, 0) is 23.3 Å². The highest BCUT2D eigenvalue weighted by Gasteiger charge is 2.46. The van der Waals surface area contributed by atoms with Gasteiger partial charge in [-0.05, 0) is 42.3 Å². The fourth-order valence-electron chi connectivity index (χ4n) is 4.14. The van der Waals surface area contributed by atoms with Crippen LogP contribution in [0.5, 0.6) is 0 Å². The van der Waals surface area contributed by atoms with Gasteiger partial charge >= 0.3 is 0 Å². The average Bonchev–Trinajstić information content (AvgIpc) is 2.99. The van der Waals surface area contributed by atoms with Crippen molar-refractivity contribution in [2.75, 3.05) is 11.4 Å². The molecule has 0 saturated heterocycles. The van der Waals surface area contributed by atoms with Crippen molar-refractivity contribution in [2.24, 2.45) is 5.73 Å². The fraction of sp³-hybridized carbons (Fsp3) is 0.200. The van der Waals surface area contributed by atoms with Crippen molar-refractivity contribution in [2.45, 2.75) is 25.4 Å². The number of halogens is 5. The number of hydrogen-bond acceptors (Lipinski definition) is 3. The molecule has 0 bridgehead atoms. The van der Waals surface area contributed by atoms with Crippen LogP contribution >= 0.6 is 0 Å². The Labute approximate surface area is 197 Å². The second-order valence-corrected chi connectivity index (χ2v) is 8.47. The van der Waals surface area contributed by atoms with E-state index >= 15 is 0 Å². The van der Waals surface area contributed by atoms with Crippen molar-refractivity contribution in [1.29, 1.82) is 0 Å². The number of benzene rings is 3. The van der Waals surface area contributed by atoms with Crippen LogP contribution in [0.3, 0.4) is 0 Å². The van der Waals surface area contributed by atoms with Gasteiger partial charge in [0.05, 0.1) is 12.0 Å². The molecule has 0 fully saturated rings. The number of amides is 2. The quantitative estimate of drug-likeness (QED) is 0.513.